The Morgan fingerprint density at radius 2 is 2.05 bits per heavy atom. The van der Waals surface area contributed by atoms with Gasteiger partial charge in [0.1, 0.15) is 0 Å². The van der Waals surface area contributed by atoms with Crippen molar-refractivity contribution in [2.24, 2.45) is 0 Å². The first-order chi connectivity index (χ1) is 10.1. The number of thiophene rings is 1. The second-order valence-corrected chi connectivity index (χ2v) is 7.25. The van der Waals surface area contributed by atoms with Crippen LogP contribution < -0.4 is 4.72 Å². The quantitative estimate of drug-likeness (QED) is 0.821. The minimum atomic E-state index is -3.55. The maximum absolute atomic E-state index is 12.4. The zero-order valence-corrected chi connectivity index (χ0v) is 13.5. The summed E-state index contributed by atoms with van der Waals surface area (Å²) in [6, 6.07) is 7.05. The Kier molecular flexibility index (Phi) is 5.52. The predicted octanol–water partition coefficient (Wildman–Crippen LogP) is 2.32. The topological polar surface area (TPSA) is 66.4 Å². The van der Waals surface area contributed by atoms with Gasteiger partial charge < -0.3 is 5.11 Å². The lowest BCUT2D eigenvalue weighted by Crippen LogP contribution is -2.27. The van der Waals surface area contributed by atoms with Gasteiger partial charge >= 0.3 is 0 Å². The molecule has 0 unspecified atom stereocenters. The Hall–Kier alpha value is -1.21. The zero-order valence-electron chi connectivity index (χ0n) is 11.9. The molecule has 1 aromatic heterocycles. The summed E-state index contributed by atoms with van der Waals surface area (Å²) in [5, 5.41) is 13.2. The molecule has 0 fully saturated rings. The molecule has 1 heterocycles. The van der Waals surface area contributed by atoms with Crippen LogP contribution in [-0.4, -0.2) is 20.1 Å². The molecule has 21 heavy (non-hydrogen) atoms. The summed E-state index contributed by atoms with van der Waals surface area (Å²) in [7, 11) is -3.55. The van der Waals surface area contributed by atoms with E-state index in [-0.39, 0.29) is 11.5 Å². The van der Waals surface area contributed by atoms with Gasteiger partial charge in [0.2, 0.25) is 10.0 Å². The van der Waals surface area contributed by atoms with Crippen LogP contribution in [0.3, 0.4) is 0 Å². The third-order valence-electron chi connectivity index (χ3n) is 3.27. The summed E-state index contributed by atoms with van der Waals surface area (Å²) in [4.78, 5) is 0.266. The van der Waals surface area contributed by atoms with Crippen LogP contribution in [0.1, 0.15) is 23.6 Å². The highest BCUT2D eigenvalue weighted by atomic mass is 32.2. The van der Waals surface area contributed by atoms with Crippen molar-refractivity contribution < 1.29 is 13.5 Å². The van der Waals surface area contributed by atoms with E-state index in [1.165, 1.54) is 0 Å². The Balaban J connectivity index is 2.14. The zero-order chi connectivity index (χ0) is 15.3. The normalized spacial score (nSPS) is 11.7. The molecule has 0 spiro atoms. The number of aryl methyl sites for hydroxylation is 1. The van der Waals surface area contributed by atoms with Crippen LogP contribution in [0.15, 0.2) is 39.9 Å². The Morgan fingerprint density at radius 1 is 1.24 bits per heavy atom. The largest absolute Gasteiger partial charge is 0.392 e. The van der Waals surface area contributed by atoms with Crippen LogP contribution in [0.5, 0.6) is 0 Å². The van der Waals surface area contributed by atoms with E-state index in [1.54, 1.807) is 29.5 Å². The molecule has 0 atom stereocenters. The molecule has 2 aromatic rings. The summed E-state index contributed by atoms with van der Waals surface area (Å²) in [5.41, 5.74) is 2.49. The highest BCUT2D eigenvalue weighted by Gasteiger charge is 2.17. The van der Waals surface area contributed by atoms with Crippen molar-refractivity contribution in [1.82, 2.24) is 4.72 Å². The third kappa shape index (κ3) is 4.14. The smallest absolute Gasteiger partial charge is 0.240 e. The first-order valence-electron chi connectivity index (χ1n) is 6.80. The molecule has 0 aliphatic carbocycles. The fourth-order valence-electron chi connectivity index (χ4n) is 2.08. The highest BCUT2D eigenvalue weighted by molar-refractivity contribution is 7.89. The van der Waals surface area contributed by atoms with Crippen molar-refractivity contribution in [2.75, 3.05) is 6.54 Å². The van der Waals surface area contributed by atoms with Crippen LogP contribution in [0.4, 0.5) is 0 Å². The fourth-order valence-corrected chi connectivity index (χ4v) is 4.18. The van der Waals surface area contributed by atoms with Gasteiger partial charge in [0, 0.05) is 6.54 Å². The first-order valence-corrected chi connectivity index (χ1v) is 9.23. The molecule has 6 heteroatoms. The average Bonchev–Trinajstić information content (AvgIpc) is 2.99. The number of sulfonamides is 1. The van der Waals surface area contributed by atoms with Gasteiger partial charge in [-0.15, -0.1) is 0 Å². The predicted molar refractivity (Wildman–Crippen MR) is 85.0 cm³/mol. The van der Waals surface area contributed by atoms with E-state index >= 15 is 0 Å². The van der Waals surface area contributed by atoms with Crippen molar-refractivity contribution in [3.05, 3.63) is 51.7 Å². The molecule has 2 rings (SSSR count). The summed E-state index contributed by atoms with van der Waals surface area (Å²) < 4.78 is 27.5. The average molecular weight is 325 g/mol. The number of aliphatic hydroxyl groups excluding tert-OH is 1. The molecule has 0 radical (unpaired) electrons. The lowest BCUT2D eigenvalue weighted by molar-refractivity contribution is 0.281. The van der Waals surface area contributed by atoms with Crippen molar-refractivity contribution in [3.8, 4) is 0 Å². The van der Waals surface area contributed by atoms with Crippen LogP contribution in [0.25, 0.3) is 0 Å². The maximum atomic E-state index is 12.4. The third-order valence-corrected chi connectivity index (χ3v) is 5.55. The van der Waals surface area contributed by atoms with Crippen molar-refractivity contribution >= 4 is 21.4 Å². The second-order valence-electron chi connectivity index (χ2n) is 4.73. The van der Waals surface area contributed by atoms with Gasteiger partial charge in [-0.3, -0.25) is 0 Å². The van der Waals surface area contributed by atoms with Gasteiger partial charge in [-0.25, -0.2) is 13.1 Å². The molecule has 114 valence electrons. The van der Waals surface area contributed by atoms with Gasteiger partial charge in [0.15, 0.2) is 0 Å². The van der Waals surface area contributed by atoms with Crippen LogP contribution in [0, 0.1) is 0 Å². The van der Waals surface area contributed by atoms with Gasteiger partial charge in [-0.05, 0) is 52.4 Å². The lowest BCUT2D eigenvalue weighted by Gasteiger charge is -2.11. The molecule has 0 aliphatic heterocycles. The molecular weight excluding hydrogens is 306 g/mol. The van der Waals surface area contributed by atoms with Crippen LogP contribution in [0.2, 0.25) is 0 Å². The number of hydrogen-bond acceptors (Lipinski definition) is 4. The molecule has 0 saturated heterocycles. The number of rotatable bonds is 7. The summed E-state index contributed by atoms with van der Waals surface area (Å²) >= 11 is 1.60. The maximum Gasteiger partial charge on any atom is 0.240 e. The summed E-state index contributed by atoms with van der Waals surface area (Å²) in [6.07, 6.45) is 1.30. The van der Waals surface area contributed by atoms with Crippen molar-refractivity contribution in [3.63, 3.8) is 0 Å². The van der Waals surface area contributed by atoms with E-state index in [2.05, 4.69) is 4.72 Å². The molecule has 4 nitrogen and oxygen atoms in total. The van der Waals surface area contributed by atoms with Crippen molar-refractivity contribution in [1.29, 1.82) is 0 Å². The Bertz CT molecular complexity index is 679. The molecule has 0 saturated carbocycles. The van der Waals surface area contributed by atoms with E-state index in [9.17, 15) is 13.5 Å². The minimum absolute atomic E-state index is 0.165. The summed E-state index contributed by atoms with van der Waals surface area (Å²) in [6.45, 7) is 2.12. The standard InChI is InChI=1S/C15H19NO3S2/c1-2-14-4-3-13(10-17)9-15(14)21(18,19)16-7-5-12-6-8-20-11-12/h3-4,6,8-9,11,16-17H,2,5,7,10H2,1H3. The molecular formula is C15H19NO3S2. The van der Waals surface area contributed by atoms with Crippen molar-refractivity contribution in [2.45, 2.75) is 31.3 Å². The molecule has 0 bridgehead atoms. The highest BCUT2D eigenvalue weighted by Crippen LogP contribution is 2.19. The first kappa shape index (κ1) is 16.2. The van der Waals surface area contributed by atoms with E-state index in [0.717, 1.165) is 11.1 Å². The minimum Gasteiger partial charge on any atom is -0.392 e. The van der Waals surface area contributed by atoms with Gasteiger partial charge in [-0.1, -0.05) is 19.1 Å². The fraction of sp³-hybridized carbons (Fsp3) is 0.333. The van der Waals surface area contributed by atoms with Crippen LogP contribution in [-0.2, 0) is 29.5 Å². The molecule has 1 aromatic carbocycles. The van der Waals surface area contributed by atoms with E-state index < -0.39 is 10.0 Å². The van der Waals surface area contributed by atoms with E-state index in [0.29, 0.717) is 24.9 Å². The van der Waals surface area contributed by atoms with E-state index in [4.69, 9.17) is 0 Å². The number of nitrogens with one attached hydrogen (secondary N) is 1. The molecule has 2 N–H and O–H groups in total. The number of aliphatic hydroxyl groups is 1. The Labute approximate surface area is 129 Å². The lowest BCUT2D eigenvalue weighted by atomic mass is 10.1. The second kappa shape index (κ2) is 7.17. The molecule has 0 amide bonds. The Morgan fingerprint density at radius 3 is 2.67 bits per heavy atom. The van der Waals surface area contributed by atoms with Gasteiger partial charge in [0.25, 0.3) is 0 Å². The van der Waals surface area contributed by atoms with Gasteiger partial charge in [-0.2, -0.15) is 11.3 Å². The van der Waals surface area contributed by atoms with E-state index in [1.807, 2.05) is 23.8 Å². The number of hydrogen-bond donors (Lipinski definition) is 2. The van der Waals surface area contributed by atoms with Crippen LogP contribution >= 0.6 is 11.3 Å². The monoisotopic (exact) mass is 325 g/mol. The van der Waals surface area contributed by atoms with Gasteiger partial charge in [0.05, 0.1) is 11.5 Å². The number of benzene rings is 1. The SMILES string of the molecule is CCc1ccc(CO)cc1S(=O)(=O)NCCc1ccsc1. The molecule has 0 aliphatic rings. The summed E-state index contributed by atoms with van der Waals surface area (Å²) in [5.74, 6) is 0.